The first-order valence-electron chi connectivity index (χ1n) is 4.79. The lowest BCUT2D eigenvalue weighted by molar-refractivity contribution is -0.149. The van der Waals surface area contributed by atoms with Crippen molar-refractivity contribution in [1.29, 1.82) is 5.41 Å². The average molecular weight is 233 g/mol. The van der Waals surface area contributed by atoms with Gasteiger partial charge in [-0.1, -0.05) is 0 Å². The summed E-state index contributed by atoms with van der Waals surface area (Å²) >= 11 is 0. The molecule has 16 heavy (non-hydrogen) atoms. The van der Waals surface area contributed by atoms with Gasteiger partial charge in [0, 0.05) is 0 Å². The molecule has 92 valence electrons. The average Bonchev–Trinajstić information content (AvgIpc) is 2.09. The van der Waals surface area contributed by atoms with Crippen molar-refractivity contribution in [2.75, 3.05) is 6.67 Å². The second-order valence-electron chi connectivity index (χ2n) is 4.28. The fraction of sp³-hybridized carbons (Fsp3) is 0.700. The number of ether oxygens (including phenoxy) is 1. The van der Waals surface area contributed by atoms with Crippen molar-refractivity contribution in [2.24, 2.45) is 5.92 Å². The summed E-state index contributed by atoms with van der Waals surface area (Å²) in [5, 5.41) is 16.1. The van der Waals surface area contributed by atoms with Crippen LogP contribution < -0.4 is 0 Å². The summed E-state index contributed by atoms with van der Waals surface area (Å²) in [7, 11) is 0. The molecule has 0 saturated carbocycles. The SMILES string of the molecule is CC(C)(C)OC(=O)C(=N)C(CCF)C(=O)O. The van der Waals surface area contributed by atoms with Crippen LogP contribution in [0.4, 0.5) is 4.39 Å². The maximum absolute atomic E-state index is 12.1. The van der Waals surface area contributed by atoms with Gasteiger partial charge in [0.05, 0.1) is 6.67 Å². The highest BCUT2D eigenvalue weighted by Gasteiger charge is 2.30. The minimum absolute atomic E-state index is 0.395. The third-order valence-corrected chi connectivity index (χ3v) is 1.66. The molecule has 0 heterocycles. The van der Waals surface area contributed by atoms with Crippen LogP contribution >= 0.6 is 0 Å². The van der Waals surface area contributed by atoms with Crippen LogP contribution in [0.25, 0.3) is 0 Å². The fourth-order valence-electron chi connectivity index (χ4n) is 0.976. The molecular formula is C10H16FNO4. The van der Waals surface area contributed by atoms with Gasteiger partial charge in [0.2, 0.25) is 0 Å². The lowest BCUT2D eigenvalue weighted by Gasteiger charge is -2.21. The van der Waals surface area contributed by atoms with Crippen LogP contribution in [0.1, 0.15) is 27.2 Å². The van der Waals surface area contributed by atoms with E-state index in [0.29, 0.717) is 0 Å². The predicted octanol–water partition coefficient (Wildman–Crippen LogP) is 1.41. The molecule has 0 radical (unpaired) electrons. The van der Waals surface area contributed by atoms with Crippen LogP contribution in [-0.4, -0.2) is 35.0 Å². The number of hydrogen-bond acceptors (Lipinski definition) is 4. The van der Waals surface area contributed by atoms with E-state index in [1.165, 1.54) is 0 Å². The highest BCUT2D eigenvalue weighted by Crippen LogP contribution is 2.12. The Balaban J connectivity index is 4.62. The van der Waals surface area contributed by atoms with Gasteiger partial charge in [0.15, 0.2) is 0 Å². The van der Waals surface area contributed by atoms with Crippen molar-refractivity contribution in [2.45, 2.75) is 32.8 Å². The van der Waals surface area contributed by atoms with Crippen molar-refractivity contribution in [3.05, 3.63) is 0 Å². The number of alkyl halides is 1. The number of aliphatic carboxylic acids is 1. The molecule has 6 heteroatoms. The lowest BCUT2D eigenvalue weighted by atomic mass is 10.00. The topological polar surface area (TPSA) is 87.5 Å². The number of halogens is 1. The van der Waals surface area contributed by atoms with Crippen molar-refractivity contribution >= 4 is 17.7 Å². The molecule has 0 aliphatic heterocycles. The highest BCUT2D eigenvalue weighted by atomic mass is 19.1. The molecule has 0 aromatic heterocycles. The highest BCUT2D eigenvalue weighted by molar-refractivity contribution is 6.39. The van der Waals surface area contributed by atoms with E-state index < -0.39 is 42.3 Å². The number of carbonyl (C=O) groups excluding carboxylic acids is 1. The monoisotopic (exact) mass is 233 g/mol. The molecule has 0 aliphatic carbocycles. The predicted molar refractivity (Wildman–Crippen MR) is 55.3 cm³/mol. The molecule has 2 N–H and O–H groups in total. The van der Waals surface area contributed by atoms with Crippen molar-refractivity contribution in [1.82, 2.24) is 0 Å². The van der Waals surface area contributed by atoms with Gasteiger partial charge in [-0.25, -0.2) is 4.79 Å². The molecule has 1 unspecified atom stereocenters. The van der Waals surface area contributed by atoms with E-state index in [-0.39, 0.29) is 0 Å². The van der Waals surface area contributed by atoms with E-state index in [2.05, 4.69) is 0 Å². The molecule has 5 nitrogen and oxygen atoms in total. The number of nitrogens with one attached hydrogen (secondary N) is 1. The summed E-state index contributed by atoms with van der Waals surface area (Å²) in [6.45, 7) is 3.90. The zero-order valence-electron chi connectivity index (χ0n) is 9.54. The Bertz CT molecular complexity index is 296. The summed E-state index contributed by atoms with van der Waals surface area (Å²) in [4.78, 5) is 22.0. The van der Waals surface area contributed by atoms with Gasteiger partial charge < -0.3 is 9.84 Å². The van der Waals surface area contributed by atoms with E-state index in [1.54, 1.807) is 20.8 Å². The van der Waals surface area contributed by atoms with Crippen molar-refractivity contribution in [3.8, 4) is 0 Å². The van der Waals surface area contributed by atoms with Crippen LogP contribution in [0, 0.1) is 11.3 Å². The Morgan fingerprint density at radius 1 is 1.44 bits per heavy atom. The molecule has 0 saturated heterocycles. The van der Waals surface area contributed by atoms with Crippen molar-refractivity contribution in [3.63, 3.8) is 0 Å². The molecule has 0 aliphatic rings. The van der Waals surface area contributed by atoms with Crippen LogP contribution in [-0.2, 0) is 14.3 Å². The van der Waals surface area contributed by atoms with Crippen molar-refractivity contribution < 1.29 is 23.8 Å². The molecule has 0 amide bonds. The van der Waals surface area contributed by atoms with E-state index in [1.807, 2.05) is 0 Å². The third kappa shape index (κ3) is 4.86. The smallest absolute Gasteiger partial charge is 0.353 e. The molecule has 0 rings (SSSR count). The second-order valence-corrected chi connectivity index (χ2v) is 4.28. The van der Waals surface area contributed by atoms with Crippen LogP contribution in [0.15, 0.2) is 0 Å². The van der Waals surface area contributed by atoms with Gasteiger partial charge in [-0.2, -0.15) is 0 Å². The second kappa shape index (κ2) is 5.58. The van der Waals surface area contributed by atoms with Gasteiger partial charge in [-0.15, -0.1) is 0 Å². The van der Waals surface area contributed by atoms with Crippen LogP contribution in [0.5, 0.6) is 0 Å². The number of carbonyl (C=O) groups is 2. The zero-order valence-corrected chi connectivity index (χ0v) is 9.54. The Morgan fingerprint density at radius 2 is 1.94 bits per heavy atom. The van der Waals surface area contributed by atoms with Gasteiger partial charge in [0.1, 0.15) is 17.2 Å². The van der Waals surface area contributed by atoms with Crippen LogP contribution in [0.3, 0.4) is 0 Å². The lowest BCUT2D eigenvalue weighted by Crippen LogP contribution is -2.35. The summed E-state index contributed by atoms with van der Waals surface area (Å²) in [6.07, 6.45) is -0.395. The number of esters is 1. The Morgan fingerprint density at radius 3 is 2.25 bits per heavy atom. The molecule has 0 spiro atoms. The molecule has 0 aromatic rings. The largest absolute Gasteiger partial charge is 0.481 e. The van der Waals surface area contributed by atoms with Gasteiger partial charge in [-0.3, -0.25) is 14.6 Å². The third-order valence-electron chi connectivity index (χ3n) is 1.66. The van der Waals surface area contributed by atoms with E-state index in [4.69, 9.17) is 15.3 Å². The standard InChI is InChI=1S/C10H16FNO4/c1-10(2,3)16-9(15)7(12)6(4-5-11)8(13)14/h6,12H,4-5H2,1-3H3,(H,13,14). The number of rotatable bonds is 5. The van der Waals surface area contributed by atoms with Gasteiger partial charge in [-0.05, 0) is 27.2 Å². The molecule has 0 fully saturated rings. The van der Waals surface area contributed by atoms with Gasteiger partial charge in [0.25, 0.3) is 0 Å². The number of carboxylic acids is 1. The first-order valence-corrected chi connectivity index (χ1v) is 4.79. The van der Waals surface area contributed by atoms with E-state index in [0.717, 1.165) is 0 Å². The maximum atomic E-state index is 12.1. The zero-order chi connectivity index (χ0) is 12.9. The normalized spacial score (nSPS) is 13.0. The molecule has 1 atom stereocenters. The number of hydrogen-bond donors (Lipinski definition) is 2. The molecule has 0 bridgehead atoms. The Labute approximate surface area is 93.1 Å². The summed E-state index contributed by atoms with van der Waals surface area (Å²) in [5.74, 6) is -3.86. The first kappa shape index (κ1) is 14.5. The summed E-state index contributed by atoms with van der Waals surface area (Å²) < 4.78 is 16.9. The molecule has 0 aromatic carbocycles. The summed E-state index contributed by atoms with van der Waals surface area (Å²) in [6, 6.07) is 0. The Hall–Kier alpha value is -1.46. The minimum Gasteiger partial charge on any atom is -0.481 e. The fourth-order valence-corrected chi connectivity index (χ4v) is 0.976. The quantitative estimate of drug-likeness (QED) is 0.555. The van der Waals surface area contributed by atoms with E-state index >= 15 is 0 Å². The molecular weight excluding hydrogens is 217 g/mol. The Kier molecular flexibility index (Phi) is 5.07. The van der Waals surface area contributed by atoms with Gasteiger partial charge >= 0.3 is 11.9 Å². The maximum Gasteiger partial charge on any atom is 0.353 e. The first-order chi connectivity index (χ1) is 7.19. The van der Waals surface area contributed by atoms with Crippen LogP contribution in [0.2, 0.25) is 0 Å². The van der Waals surface area contributed by atoms with E-state index in [9.17, 15) is 14.0 Å². The summed E-state index contributed by atoms with van der Waals surface area (Å²) in [5.41, 5.74) is -1.53. The number of carboxylic acid groups (broad SMARTS) is 1. The minimum atomic E-state index is -1.44.